The highest BCUT2D eigenvalue weighted by Crippen LogP contribution is 2.44. The predicted octanol–water partition coefficient (Wildman–Crippen LogP) is -0.996. The molecule has 14 nitrogen and oxygen atoms in total. The Hall–Kier alpha value is 0.180. The Balaban J connectivity index is 4.44. The maximum absolute atomic E-state index is 12.2. The van der Waals surface area contributed by atoms with Crippen LogP contribution in [0.1, 0.15) is 0 Å². The Morgan fingerprint density at radius 2 is 1.19 bits per heavy atom. The van der Waals surface area contributed by atoms with Gasteiger partial charge in [-0.3, -0.25) is 18.1 Å². The molecule has 8 N–H and O–H groups in total. The number of nitrogens with one attached hydrogen (secondary N) is 1. The maximum atomic E-state index is 12.2. The molecule has 0 spiro atoms. The summed E-state index contributed by atoms with van der Waals surface area (Å²) in [6, 6.07) is 0. The molecule has 0 heterocycles. The van der Waals surface area contributed by atoms with E-state index >= 15 is 0 Å². The number of nitrogens with two attached hydrogens (primary N) is 1. The van der Waals surface area contributed by atoms with Gasteiger partial charge in [0.1, 0.15) is 0 Å². The quantitative estimate of drug-likeness (QED) is 0.117. The summed E-state index contributed by atoms with van der Waals surface area (Å²) in [5.41, 5.74) is 6.51. The molecular formula is C8H22FN2O12P3. The van der Waals surface area contributed by atoms with Gasteiger partial charge in [0.05, 0.1) is 26.4 Å². The van der Waals surface area contributed by atoms with Crippen molar-refractivity contribution in [3.8, 4) is 0 Å². The third kappa shape index (κ3) is 15.3. The van der Waals surface area contributed by atoms with E-state index in [0.29, 0.717) is 0 Å². The molecule has 0 aliphatic rings. The number of halogens is 1. The minimum atomic E-state index is -4.82. The van der Waals surface area contributed by atoms with Crippen LogP contribution in [-0.4, -0.2) is 64.0 Å². The molecule has 0 aliphatic heterocycles. The van der Waals surface area contributed by atoms with E-state index in [9.17, 15) is 23.1 Å². The first-order valence-corrected chi connectivity index (χ1v) is 11.4. The second-order valence-electron chi connectivity index (χ2n) is 4.94. The summed E-state index contributed by atoms with van der Waals surface area (Å²) in [7, 11) is -14.2. The fourth-order valence-electron chi connectivity index (χ4n) is 1.30. The van der Waals surface area contributed by atoms with Crippen LogP contribution < -0.4 is 11.3 Å². The molecule has 0 fully saturated rings. The lowest BCUT2D eigenvalue weighted by Crippen LogP contribution is -2.26. The van der Waals surface area contributed by atoms with E-state index in [1.807, 2.05) is 0 Å². The molecule has 18 heteroatoms. The second kappa shape index (κ2) is 11.9. The lowest BCUT2D eigenvalue weighted by atomic mass is 10.2. The smallest absolute Gasteiger partial charge is 0.330 e. The zero-order valence-electron chi connectivity index (χ0n) is 13.3. The summed E-state index contributed by atoms with van der Waals surface area (Å²) in [6.45, 7) is -3.12. The monoisotopic (exact) mass is 450 g/mol. The molecule has 0 aromatic heterocycles. The van der Waals surface area contributed by atoms with Gasteiger partial charge < -0.3 is 30.2 Å². The van der Waals surface area contributed by atoms with Gasteiger partial charge in [0.15, 0.2) is 0 Å². The molecule has 3 unspecified atom stereocenters. The average molecular weight is 450 g/mol. The number of phosphoric acid groups is 3. The summed E-state index contributed by atoms with van der Waals surface area (Å²) in [6.07, 6.45) is 0. The van der Waals surface area contributed by atoms with Gasteiger partial charge in [-0.1, -0.05) is 0 Å². The van der Waals surface area contributed by atoms with Crippen molar-refractivity contribution >= 4 is 23.5 Å². The molecule has 0 aromatic rings. The highest BCUT2D eigenvalue weighted by Gasteiger charge is 2.27. The first-order valence-electron chi connectivity index (χ1n) is 6.83. The Bertz CT molecular complexity index is 541. The van der Waals surface area contributed by atoms with Gasteiger partial charge in [0.25, 0.3) is 0 Å². The topological polar surface area (TPSA) is 227 Å². The van der Waals surface area contributed by atoms with Crippen molar-refractivity contribution in [2.45, 2.75) is 0 Å². The van der Waals surface area contributed by atoms with Gasteiger partial charge in [-0.15, -0.1) is 4.48 Å². The number of rotatable bonds is 15. The molecular weight excluding hydrogens is 428 g/mol. The van der Waals surface area contributed by atoms with E-state index in [1.54, 1.807) is 0 Å². The molecule has 0 saturated heterocycles. The van der Waals surface area contributed by atoms with Crippen molar-refractivity contribution < 1.29 is 60.7 Å². The summed E-state index contributed by atoms with van der Waals surface area (Å²) in [4.78, 5) is 43.8. The standard InChI is InChI=1S/C8H22FN2O12P3/c9-11-2-8(5-21-25(15,16)17)6-23-26(18,19)22-4-7(1-10)3-20-24(12,13)14/h7-8,11H,1-6,10H2,(H,18,19)(H2,12,13,14)(H2,15,16,17). The van der Waals surface area contributed by atoms with Gasteiger partial charge in [-0.25, -0.2) is 13.7 Å². The van der Waals surface area contributed by atoms with Crippen LogP contribution in [0.2, 0.25) is 0 Å². The van der Waals surface area contributed by atoms with Crippen molar-refractivity contribution in [3.05, 3.63) is 0 Å². The molecule has 0 aliphatic carbocycles. The SMILES string of the molecule is NCC(COP(=O)(O)O)COP(=O)(O)OCC(CNF)COP(=O)(O)O. The molecule has 3 atom stereocenters. The normalized spacial score (nSPS) is 17.7. The van der Waals surface area contributed by atoms with Crippen LogP contribution in [0.4, 0.5) is 4.48 Å². The predicted molar refractivity (Wildman–Crippen MR) is 82.9 cm³/mol. The summed E-state index contributed by atoms with van der Waals surface area (Å²) >= 11 is 0. The zero-order valence-corrected chi connectivity index (χ0v) is 16.0. The van der Waals surface area contributed by atoms with E-state index in [0.717, 1.165) is 0 Å². The van der Waals surface area contributed by atoms with Gasteiger partial charge in [-0.2, -0.15) is 5.54 Å². The first kappa shape index (κ1) is 26.2. The van der Waals surface area contributed by atoms with E-state index in [2.05, 4.69) is 18.1 Å². The third-order valence-electron chi connectivity index (χ3n) is 2.60. The Labute approximate surface area is 147 Å². The van der Waals surface area contributed by atoms with Crippen molar-refractivity contribution in [1.29, 1.82) is 0 Å². The van der Waals surface area contributed by atoms with Crippen molar-refractivity contribution in [1.82, 2.24) is 5.54 Å². The van der Waals surface area contributed by atoms with Gasteiger partial charge in [0.2, 0.25) is 0 Å². The number of hydrogen-bond acceptors (Lipinski definition) is 9. The van der Waals surface area contributed by atoms with Crippen LogP contribution in [0.15, 0.2) is 0 Å². The largest absolute Gasteiger partial charge is 0.472 e. The second-order valence-corrected chi connectivity index (χ2v) is 8.87. The van der Waals surface area contributed by atoms with Crippen molar-refractivity contribution in [2.24, 2.45) is 17.6 Å². The molecule has 0 radical (unpaired) electrons. The van der Waals surface area contributed by atoms with Gasteiger partial charge in [0, 0.05) is 18.4 Å². The van der Waals surface area contributed by atoms with Gasteiger partial charge >= 0.3 is 23.5 Å². The molecule has 158 valence electrons. The lowest BCUT2D eigenvalue weighted by Gasteiger charge is -2.20. The summed E-state index contributed by atoms with van der Waals surface area (Å²) in [5.74, 6) is -1.88. The van der Waals surface area contributed by atoms with Crippen molar-refractivity contribution in [2.75, 3.05) is 39.5 Å². The van der Waals surface area contributed by atoms with Crippen LogP contribution in [0.3, 0.4) is 0 Å². The third-order valence-corrected chi connectivity index (χ3v) is 4.52. The highest BCUT2D eigenvalue weighted by molar-refractivity contribution is 7.47. The fourth-order valence-corrected chi connectivity index (χ4v) is 2.98. The van der Waals surface area contributed by atoms with Gasteiger partial charge in [-0.05, 0) is 6.54 Å². The maximum Gasteiger partial charge on any atom is 0.472 e. The van der Waals surface area contributed by atoms with E-state index in [-0.39, 0.29) is 6.54 Å². The molecule has 0 saturated carbocycles. The average Bonchev–Trinajstić information content (AvgIpc) is 2.48. The minimum Gasteiger partial charge on any atom is -0.330 e. The van der Waals surface area contributed by atoms with Crippen LogP contribution in [0.25, 0.3) is 0 Å². The Kier molecular flexibility index (Phi) is 12.0. The highest BCUT2D eigenvalue weighted by atomic mass is 31.2. The van der Waals surface area contributed by atoms with Crippen LogP contribution in [-0.2, 0) is 31.8 Å². The van der Waals surface area contributed by atoms with Crippen LogP contribution >= 0.6 is 23.5 Å². The lowest BCUT2D eigenvalue weighted by molar-refractivity contribution is 0.0805. The molecule has 0 rings (SSSR count). The fraction of sp³-hybridized carbons (Fsp3) is 1.00. The van der Waals surface area contributed by atoms with Crippen LogP contribution in [0, 0.1) is 11.8 Å². The molecule has 0 bridgehead atoms. The number of hydrogen-bond donors (Lipinski definition) is 7. The zero-order chi connectivity index (χ0) is 20.4. The van der Waals surface area contributed by atoms with E-state index in [1.165, 1.54) is 5.54 Å². The molecule has 0 aromatic carbocycles. The number of phosphoric ester groups is 3. The van der Waals surface area contributed by atoms with E-state index < -0.39 is 68.3 Å². The Morgan fingerprint density at radius 1 is 0.808 bits per heavy atom. The molecule has 26 heavy (non-hydrogen) atoms. The van der Waals surface area contributed by atoms with E-state index in [4.69, 9.17) is 25.3 Å². The summed E-state index contributed by atoms with van der Waals surface area (Å²) in [5, 5.41) is 0. The minimum absolute atomic E-state index is 0.190. The Morgan fingerprint density at radius 3 is 1.58 bits per heavy atom. The van der Waals surface area contributed by atoms with Crippen LogP contribution in [0.5, 0.6) is 0 Å². The van der Waals surface area contributed by atoms with Crippen molar-refractivity contribution in [3.63, 3.8) is 0 Å². The molecule has 0 amide bonds. The first-order chi connectivity index (χ1) is 11.8. The summed E-state index contributed by atoms with van der Waals surface area (Å²) < 4.78 is 62.5.